The second-order valence-corrected chi connectivity index (χ2v) is 6.38. The monoisotopic (exact) mass is 393 g/mol. The van der Waals surface area contributed by atoms with E-state index in [0.717, 1.165) is 0 Å². The molecule has 28 heavy (non-hydrogen) atoms. The van der Waals surface area contributed by atoms with Crippen LogP contribution in [0, 0.1) is 28.0 Å². The summed E-state index contributed by atoms with van der Waals surface area (Å²) in [4.78, 5) is 43.7. The number of guanidine groups is 1. The third-order valence-electron chi connectivity index (χ3n) is 3.50. The van der Waals surface area contributed by atoms with Crippen LogP contribution in [-0.2, 0) is 4.79 Å². The molecule has 1 aromatic heterocycles. The maximum absolute atomic E-state index is 12.9. The zero-order chi connectivity index (χ0) is 21.2. The van der Waals surface area contributed by atoms with E-state index in [1.54, 1.807) is 12.3 Å². The van der Waals surface area contributed by atoms with Crippen molar-refractivity contribution in [3.63, 3.8) is 0 Å². The second kappa shape index (κ2) is 10.7. The number of hydrogen-bond acceptors (Lipinski definition) is 7. The third kappa shape index (κ3) is 7.13. The number of nitrogens with one attached hydrogen (secondary N) is 5. The lowest BCUT2D eigenvalue weighted by Crippen LogP contribution is -2.69. The SMILES string of the molecule is CCC[C@](NC(=N)N[N+](=O)[O-])(NC(=O)c1cnccn1)C(=O)N[CH]CC(C)C. The van der Waals surface area contributed by atoms with Gasteiger partial charge < -0.3 is 16.0 Å². The molecule has 0 aliphatic rings. The largest absolute Gasteiger partial charge is 0.348 e. The minimum Gasteiger partial charge on any atom is -0.348 e. The fourth-order valence-electron chi connectivity index (χ4n) is 2.28. The molecule has 0 aliphatic carbocycles. The summed E-state index contributed by atoms with van der Waals surface area (Å²) in [5, 5.41) is 24.9. The van der Waals surface area contributed by atoms with Crippen molar-refractivity contribution < 1.29 is 14.6 Å². The van der Waals surface area contributed by atoms with Gasteiger partial charge in [-0.15, -0.1) is 0 Å². The number of carbonyl (C=O) groups excluding carboxylic acids is 2. The Morgan fingerprint density at radius 1 is 1.36 bits per heavy atom. The van der Waals surface area contributed by atoms with Crippen molar-refractivity contribution in [3.8, 4) is 0 Å². The van der Waals surface area contributed by atoms with Crippen molar-refractivity contribution in [2.24, 2.45) is 5.92 Å². The first-order valence-electron chi connectivity index (χ1n) is 8.69. The van der Waals surface area contributed by atoms with Crippen LogP contribution in [0.25, 0.3) is 0 Å². The fourth-order valence-corrected chi connectivity index (χ4v) is 2.28. The molecular weight excluding hydrogens is 368 g/mol. The van der Waals surface area contributed by atoms with Gasteiger partial charge in [0.1, 0.15) is 5.69 Å². The predicted molar refractivity (Wildman–Crippen MR) is 100 cm³/mol. The predicted octanol–water partition coefficient (Wildman–Crippen LogP) is 0.333. The normalized spacial score (nSPS) is 12.6. The summed E-state index contributed by atoms with van der Waals surface area (Å²) in [6.45, 7) is 7.23. The summed E-state index contributed by atoms with van der Waals surface area (Å²) in [5.41, 5.74) is -0.229. The molecule has 1 radical (unpaired) electrons. The lowest BCUT2D eigenvalue weighted by molar-refractivity contribution is -0.526. The molecule has 1 rings (SSSR count). The molecule has 0 unspecified atom stereocenters. The lowest BCUT2D eigenvalue weighted by Gasteiger charge is -2.34. The number of carbonyl (C=O) groups is 2. The summed E-state index contributed by atoms with van der Waals surface area (Å²) in [6.07, 6.45) is 4.99. The van der Waals surface area contributed by atoms with Crippen LogP contribution >= 0.6 is 0 Å². The van der Waals surface area contributed by atoms with Crippen LogP contribution < -0.4 is 21.4 Å². The van der Waals surface area contributed by atoms with Gasteiger partial charge in [0, 0.05) is 18.9 Å². The highest BCUT2D eigenvalue weighted by atomic mass is 16.7. The highest BCUT2D eigenvalue weighted by Crippen LogP contribution is 2.13. The summed E-state index contributed by atoms with van der Waals surface area (Å²) in [6, 6.07) is 0. The van der Waals surface area contributed by atoms with Crippen LogP contribution in [0.1, 0.15) is 50.5 Å². The molecule has 1 aromatic rings. The first kappa shape index (κ1) is 22.7. The van der Waals surface area contributed by atoms with Gasteiger partial charge in [-0.2, -0.15) is 0 Å². The standard InChI is InChI=1S/C16H25N8O4/c1-4-6-16(22-15(17)23-24(27)28,14(26)20-7-5-11(2)3)21-13(25)12-10-18-8-9-19-12/h7-11H,4-6H2,1-3H3,(H,20,26)(H,21,25)(H3,17,22,23)/t16-/m1/s1. The van der Waals surface area contributed by atoms with Gasteiger partial charge in [0.25, 0.3) is 17.8 Å². The number of nitro groups is 1. The Bertz CT molecular complexity index is 697. The van der Waals surface area contributed by atoms with Crippen molar-refractivity contribution in [2.75, 3.05) is 0 Å². The average Bonchev–Trinajstić information content (AvgIpc) is 2.61. The van der Waals surface area contributed by atoms with E-state index in [4.69, 9.17) is 5.41 Å². The Morgan fingerprint density at radius 2 is 2.07 bits per heavy atom. The van der Waals surface area contributed by atoms with Crippen molar-refractivity contribution in [1.82, 2.24) is 31.3 Å². The van der Waals surface area contributed by atoms with E-state index < -0.39 is 28.5 Å². The molecule has 12 heteroatoms. The number of hydrogen-bond donors (Lipinski definition) is 5. The smallest absolute Gasteiger partial charge is 0.273 e. The Balaban J connectivity index is 3.11. The number of aromatic nitrogens is 2. The van der Waals surface area contributed by atoms with Crippen LogP contribution in [-0.4, -0.2) is 38.4 Å². The molecule has 12 nitrogen and oxygen atoms in total. The van der Waals surface area contributed by atoms with Crippen molar-refractivity contribution in [3.05, 3.63) is 40.9 Å². The molecule has 0 aliphatic heterocycles. The molecule has 2 amide bonds. The van der Waals surface area contributed by atoms with Gasteiger partial charge in [-0.25, -0.2) is 15.1 Å². The van der Waals surface area contributed by atoms with E-state index in [2.05, 4.69) is 25.9 Å². The summed E-state index contributed by atoms with van der Waals surface area (Å²) >= 11 is 0. The number of nitrogens with zero attached hydrogens (tertiary/aromatic N) is 3. The van der Waals surface area contributed by atoms with E-state index >= 15 is 0 Å². The van der Waals surface area contributed by atoms with Gasteiger partial charge in [0.05, 0.1) is 6.20 Å². The molecule has 153 valence electrons. The lowest BCUT2D eigenvalue weighted by atomic mass is 10.0. The Hall–Kier alpha value is -3.31. The van der Waals surface area contributed by atoms with Gasteiger partial charge in [0.2, 0.25) is 0 Å². The first-order chi connectivity index (χ1) is 13.2. The Morgan fingerprint density at radius 3 is 2.61 bits per heavy atom. The molecule has 0 aromatic carbocycles. The minimum atomic E-state index is -1.81. The van der Waals surface area contributed by atoms with Crippen LogP contribution in [0.15, 0.2) is 18.6 Å². The maximum Gasteiger partial charge on any atom is 0.273 e. The Kier molecular flexibility index (Phi) is 8.72. The zero-order valence-corrected chi connectivity index (χ0v) is 16.0. The minimum absolute atomic E-state index is 0.0440. The molecule has 0 spiro atoms. The Labute approximate surface area is 162 Å². The first-order valence-corrected chi connectivity index (χ1v) is 8.69. The highest BCUT2D eigenvalue weighted by molar-refractivity contribution is 5.99. The number of hydrazine groups is 1. The molecular formula is C16H25N8O4. The van der Waals surface area contributed by atoms with Crippen LogP contribution in [0.5, 0.6) is 0 Å². The van der Waals surface area contributed by atoms with Gasteiger partial charge in [-0.05, 0) is 18.8 Å². The molecule has 1 atom stereocenters. The van der Waals surface area contributed by atoms with Crippen LogP contribution in [0.4, 0.5) is 0 Å². The van der Waals surface area contributed by atoms with Crippen molar-refractivity contribution in [1.29, 1.82) is 5.41 Å². The van der Waals surface area contributed by atoms with E-state index in [1.165, 1.54) is 25.1 Å². The van der Waals surface area contributed by atoms with E-state index in [-0.39, 0.29) is 18.0 Å². The van der Waals surface area contributed by atoms with Crippen LogP contribution in [0.3, 0.4) is 0 Å². The van der Waals surface area contributed by atoms with Gasteiger partial charge in [-0.1, -0.05) is 32.6 Å². The van der Waals surface area contributed by atoms with Crippen molar-refractivity contribution in [2.45, 2.75) is 45.7 Å². The topological polar surface area (TPSA) is 175 Å². The van der Waals surface area contributed by atoms with E-state index in [9.17, 15) is 19.7 Å². The molecule has 5 N–H and O–H groups in total. The van der Waals surface area contributed by atoms with Crippen LogP contribution in [0.2, 0.25) is 0 Å². The van der Waals surface area contributed by atoms with E-state index in [0.29, 0.717) is 12.8 Å². The fraction of sp³-hybridized carbons (Fsp3) is 0.500. The molecule has 0 bridgehead atoms. The maximum atomic E-state index is 12.9. The zero-order valence-electron chi connectivity index (χ0n) is 16.0. The second-order valence-electron chi connectivity index (χ2n) is 6.38. The number of rotatable bonds is 10. The van der Waals surface area contributed by atoms with Gasteiger partial charge >= 0.3 is 0 Å². The molecule has 0 saturated carbocycles. The summed E-state index contributed by atoms with van der Waals surface area (Å²) < 4.78 is 0. The molecule has 1 heterocycles. The van der Waals surface area contributed by atoms with Crippen molar-refractivity contribution >= 4 is 17.8 Å². The number of amides is 2. The third-order valence-corrected chi connectivity index (χ3v) is 3.50. The quantitative estimate of drug-likeness (QED) is 0.124. The van der Waals surface area contributed by atoms with Gasteiger partial charge in [-0.3, -0.25) is 20.0 Å². The van der Waals surface area contributed by atoms with Gasteiger partial charge in [0.15, 0.2) is 10.7 Å². The molecule has 0 saturated heterocycles. The summed E-state index contributed by atoms with van der Waals surface area (Å²) in [7, 11) is 0. The highest BCUT2D eigenvalue weighted by Gasteiger charge is 2.41. The average molecular weight is 393 g/mol. The van der Waals surface area contributed by atoms with E-state index in [1.807, 2.05) is 13.8 Å². The molecule has 0 fully saturated rings. The summed E-state index contributed by atoms with van der Waals surface area (Å²) in [5.74, 6) is -1.85.